The van der Waals surface area contributed by atoms with Gasteiger partial charge in [0, 0.05) is 66.8 Å². The Morgan fingerprint density at radius 1 is 0.918 bits per heavy atom. The van der Waals surface area contributed by atoms with Crippen molar-refractivity contribution in [2.75, 3.05) is 6.54 Å². The van der Waals surface area contributed by atoms with Gasteiger partial charge in [0.1, 0.15) is 23.9 Å². The van der Waals surface area contributed by atoms with Gasteiger partial charge in [0.05, 0.1) is 30.3 Å². The van der Waals surface area contributed by atoms with Gasteiger partial charge >= 0.3 is 5.97 Å². The van der Waals surface area contributed by atoms with Crippen molar-refractivity contribution in [3.8, 4) is 11.3 Å². The number of pyridine rings is 1. The summed E-state index contributed by atoms with van der Waals surface area (Å²) in [5, 5.41) is 11.2. The Morgan fingerprint density at radius 2 is 1.64 bits per heavy atom. The summed E-state index contributed by atoms with van der Waals surface area (Å²) in [7, 11) is 0. The van der Waals surface area contributed by atoms with Gasteiger partial charge in [0.15, 0.2) is 12.1 Å². The van der Waals surface area contributed by atoms with Crippen LogP contribution in [0.3, 0.4) is 0 Å². The highest BCUT2D eigenvalue weighted by Gasteiger charge is 2.60. The van der Waals surface area contributed by atoms with E-state index < -0.39 is 71.1 Å². The third-order valence-electron chi connectivity index (χ3n) is 13.9. The van der Waals surface area contributed by atoms with Crippen molar-refractivity contribution in [3.05, 3.63) is 72.9 Å². The van der Waals surface area contributed by atoms with Crippen LogP contribution < -0.4 is 0 Å². The Morgan fingerprint density at radius 3 is 2.33 bits per heavy atom. The maximum absolute atomic E-state index is 15.1. The number of ether oxygens (including phenoxy) is 3. The number of unbranched alkanes of at least 4 members (excludes halogenated alkanes) is 1. The molecule has 0 saturated carbocycles. The van der Waals surface area contributed by atoms with Crippen molar-refractivity contribution in [2.45, 2.75) is 151 Å². The first-order chi connectivity index (χ1) is 29.0. The molecular formula is C49H68N4O8. The summed E-state index contributed by atoms with van der Waals surface area (Å²) < 4.78 is 21.3. The van der Waals surface area contributed by atoms with E-state index in [1.54, 1.807) is 26.2 Å². The molecule has 1 aromatic carbocycles. The molecule has 12 nitrogen and oxygen atoms in total. The van der Waals surface area contributed by atoms with E-state index in [2.05, 4.69) is 9.97 Å². The standard InChI is InChI=1S/C49H68N4O8/c1-10-39-49(25-36-17-12-11-13-18-36)26-40(54)53(22-15-14-21-52-28-38(51-29-52)37-19-16-20-50-27-37)44(49)33(5)41(55)31(3)24-48(8,9)45(34(6)43(57)35(7)46(58)60-39)61-47-42(56)30(2)23-32(4)59-47/h11-13,16-20,27-35,39,42,44-45,47,56H,10,14-15,21-26H2,1-9H3/t30-,31+,32+,33-,34-,35+,39+,42+,44+,45+,47?,49+/m0/s1. The number of aromatic nitrogens is 3. The first kappa shape index (κ1) is 46.2. The zero-order valence-corrected chi connectivity index (χ0v) is 37.7. The largest absolute Gasteiger partial charge is 0.461 e. The predicted molar refractivity (Wildman–Crippen MR) is 232 cm³/mol. The molecule has 12 atom stereocenters. The first-order valence-electron chi connectivity index (χ1n) is 22.5. The van der Waals surface area contributed by atoms with Crippen LogP contribution in [-0.2, 0) is 46.4 Å². The number of rotatable bonds is 11. The maximum atomic E-state index is 15.1. The van der Waals surface area contributed by atoms with Gasteiger partial charge in [-0.2, -0.15) is 0 Å². The number of aliphatic hydroxyl groups is 1. The summed E-state index contributed by atoms with van der Waals surface area (Å²) in [6.45, 7) is 18.1. The monoisotopic (exact) mass is 841 g/mol. The van der Waals surface area contributed by atoms with Gasteiger partial charge in [0.25, 0.3) is 0 Å². The second-order valence-corrected chi connectivity index (χ2v) is 19.2. The normalized spacial score (nSPS) is 33.9. The summed E-state index contributed by atoms with van der Waals surface area (Å²) >= 11 is 0. The summed E-state index contributed by atoms with van der Waals surface area (Å²) in [5.74, 6) is -4.23. The zero-order valence-electron chi connectivity index (χ0n) is 37.7. The number of cyclic esters (lactones) is 1. The minimum absolute atomic E-state index is 0.00269. The highest BCUT2D eigenvalue weighted by molar-refractivity contribution is 6.00. The number of aryl methyl sites for hydroxylation is 1. The molecule has 3 aliphatic heterocycles. The molecule has 3 fully saturated rings. The molecule has 3 aromatic rings. The third-order valence-corrected chi connectivity index (χ3v) is 13.9. The molecule has 3 saturated heterocycles. The van der Waals surface area contributed by atoms with Crippen LogP contribution in [0.5, 0.6) is 0 Å². The highest BCUT2D eigenvalue weighted by atomic mass is 16.7. The quantitative estimate of drug-likeness (QED) is 0.117. The van der Waals surface area contributed by atoms with Crippen molar-refractivity contribution >= 4 is 23.4 Å². The van der Waals surface area contributed by atoms with Crippen LogP contribution in [0.25, 0.3) is 11.3 Å². The molecule has 6 rings (SSSR count). The van der Waals surface area contributed by atoms with Crippen LogP contribution in [0.1, 0.15) is 106 Å². The number of hydrogen-bond acceptors (Lipinski definition) is 10. The molecule has 3 aliphatic rings. The minimum atomic E-state index is -1.14. The van der Waals surface area contributed by atoms with Gasteiger partial charge in [0.2, 0.25) is 5.91 Å². The van der Waals surface area contributed by atoms with E-state index >= 15 is 4.79 Å². The fraction of sp³-hybridized carbons (Fsp3) is 0.633. The molecule has 61 heavy (non-hydrogen) atoms. The SMILES string of the molecule is CC[C@H]1OC(=O)[C@H](C)C(=O)[C@H](C)[C@@H](OC2O[C@H](C)C[C@H](C)[C@H]2O)C(C)(C)C[C@@H](C)C(=O)[C@H](C)[C@H]2N(CCCCn3cnc(-c4cccnc4)c3)C(=O)C[C@]12Cc1ccccc1. The molecule has 1 unspecified atom stereocenters. The van der Waals surface area contributed by atoms with Crippen molar-refractivity contribution in [3.63, 3.8) is 0 Å². The fourth-order valence-electron chi connectivity index (χ4n) is 10.9. The number of hydrogen-bond donors (Lipinski definition) is 1. The van der Waals surface area contributed by atoms with Crippen molar-refractivity contribution in [2.24, 2.45) is 40.4 Å². The molecule has 0 spiro atoms. The lowest BCUT2D eigenvalue weighted by Gasteiger charge is -2.47. The fourth-order valence-corrected chi connectivity index (χ4v) is 10.9. The lowest BCUT2D eigenvalue weighted by molar-refractivity contribution is -0.284. The molecule has 1 amide bonds. The number of Topliss-reactive ketones (excluding diaryl/α,β-unsaturated/α-hetero) is 2. The Labute approximate surface area is 362 Å². The Bertz CT molecular complexity index is 1970. The van der Waals surface area contributed by atoms with Gasteiger partial charge in [-0.1, -0.05) is 78.8 Å². The van der Waals surface area contributed by atoms with Crippen LogP contribution in [0.15, 0.2) is 67.4 Å². The van der Waals surface area contributed by atoms with Gasteiger partial charge in [-0.05, 0) is 81.4 Å². The Hall–Kier alpha value is -4.26. The zero-order chi connectivity index (χ0) is 44.2. The van der Waals surface area contributed by atoms with E-state index in [4.69, 9.17) is 14.2 Å². The maximum Gasteiger partial charge on any atom is 0.316 e. The van der Waals surface area contributed by atoms with Gasteiger partial charge < -0.3 is 28.8 Å². The number of likely N-dealkylation sites (tertiary alicyclic amines) is 1. The van der Waals surface area contributed by atoms with Crippen molar-refractivity contribution < 1.29 is 38.5 Å². The molecule has 12 heteroatoms. The summed E-state index contributed by atoms with van der Waals surface area (Å²) in [6.07, 6.45) is 7.05. The Balaban J connectivity index is 1.34. The summed E-state index contributed by atoms with van der Waals surface area (Å²) in [5.41, 5.74) is 1.01. The molecular weight excluding hydrogens is 773 g/mol. The van der Waals surface area contributed by atoms with E-state index in [9.17, 15) is 19.5 Å². The predicted octanol–water partition coefficient (Wildman–Crippen LogP) is 7.51. The van der Waals surface area contributed by atoms with E-state index in [0.717, 1.165) is 23.2 Å². The summed E-state index contributed by atoms with van der Waals surface area (Å²) in [6, 6.07) is 13.2. The molecule has 0 radical (unpaired) electrons. The molecule has 0 bridgehead atoms. The third kappa shape index (κ3) is 10.0. The van der Waals surface area contributed by atoms with Gasteiger partial charge in [-0.3, -0.25) is 24.2 Å². The number of benzene rings is 1. The topological polar surface area (TPSA) is 150 Å². The van der Waals surface area contributed by atoms with Gasteiger partial charge in [-0.25, -0.2) is 4.98 Å². The minimum Gasteiger partial charge on any atom is -0.461 e. The van der Waals surface area contributed by atoms with E-state index in [-0.39, 0.29) is 35.9 Å². The molecule has 2 aromatic heterocycles. The number of fused-ring (bicyclic) bond motifs is 1. The summed E-state index contributed by atoms with van der Waals surface area (Å²) in [4.78, 5) is 69.2. The van der Waals surface area contributed by atoms with Crippen molar-refractivity contribution in [1.29, 1.82) is 0 Å². The number of amides is 1. The molecule has 332 valence electrons. The highest BCUT2D eigenvalue weighted by Crippen LogP contribution is 2.50. The number of imidazole rings is 1. The van der Waals surface area contributed by atoms with E-state index in [0.29, 0.717) is 45.2 Å². The number of ketones is 2. The molecule has 0 aliphatic carbocycles. The second-order valence-electron chi connectivity index (χ2n) is 19.2. The average Bonchev–Trinajstić information content (AvgIpc) is 3.82. The number of nitrogens with zero attached hydrogens (tertiary/aromatic N) is 4. The van der Waals surface area contributed by atoms with Crippen LogP contribution in [0, 0.1) is 40.4 Å². The van der Waals surface area contributed by atoms with Crippen LogP contribution in [0.2, 0.25) is 0 Å². The lowest BCUT2D eigenvalue weighted by atomic mass is 9.64. The number of carbonyl (C=O) groups is 4. The van der Waals surface area contributed by atoms with E-state index in [1.807, 2.05) is 113 Å². The van der Waals surface area contributed by atoms with Crippen molar-refractivity contribution in [1.82, 2.24) is 19.4 Å². The van der Waals surface area contributed by atoms with Crippen LogP contribution in [0.4, 0.5) is 0 Å². The van der Waals surface area contributed by atoms with Crippen LogP contribution in [-0.4, -0.2) is 91.3 Å². The van der Waals surface area contributed by atoms with E-state index in [1.165, 1.54) is 0 Å². The number of esters is 1. The Kier molecular flexibility index (Phi) is 14.7. The second kappa shape index (κ2) is 19.4. The number of carbonyl (C=O) groups excluding carboxylic acids is 4. The number of aliphatic hydroxyl groups excluding tert-OH is 1. The van der Waals surface area contributed by atoms with Crippen LogP contribution >= 0.6 is 0 Å². The first-order valence-corrected chi connectivity index (χ1v) is 22.5. The molecule has 1 N–H and O–H groups in total. The smallest absolute Gasteiger partial charge is 0.316 e. The lowest BCUT2D eigenvalue weighted by Crippen LogP contribution is -2.56. The van der Waals surface area contributed by atoms with Gasteiger partial charge in [-0.15, -0.1) is 0 Å². The average molecular weight is 841 g/mol. The molecule has 5 heterocycles.